The summed E-state index contributed by atoms with van der Waals surface area (Å²) in [6.07, 6.45) is 1.33. The van der Waals surface area contributed by atoms with Crippen molar-refractivity contribution in [3.63, 3.8) is 0 Å². The second-order valence-corrected chi connectivity index (χ2v) is 8.53. The van der Waals surface area contributed by atoms with E-state index in [0.29, 0.717) is 23.5 Å². The number of thiophene rings is 1. The van der Waals surface area contributed by atoms with Crippen LogP contribution < -0.4 is 5.32 Å². The van der Waals surface area contributed by atoms with Gasteiger partial charge in [-0.05, 0) is 57.6 Å². The smallest absolute Gasteiger partial charge is 0.315 e. The number of amides is 1. The molecule has 27 heavy (non-hydrogen) atoms. The van der Waals surface area contributed by atoms with Crippen LogP contribution >= 0.6 is 11.3 Å². The van der Waals surface area contributed by atoms with E-state index >= 15 is 0 Å². The molecule has 1 N–H and O–H groups in total. The van der Waals surface area contributed by atoms with E-state index in [-0.39, 0.29) is 18.9 Å². The van der Waals surface area contributed by atoms with Crippen molar-refractivity contribution in [2.24, 2.45) is 5.92 Å². The van der Waals surface area contributed by atoms with Crippen LogP contribution in [0, 0.1) is 17.2 Å². The minimum absolute atomic E-state index is 0.116. The van der Waals surface area contributed by atoms with Crippen LogP contribution in [0.4, 0.5) is 18.2 Å². The monoisotopic (exact) mass is 399 g/mol. The molecule has 148 valence electrons. The lowest BCUT2D eigenvalue weighted by Gasteiger charge is -2.36. The molecule has 1 saturated heterocycles. The van der Waals surface area contributed by atoms with Crippen molar-refractivity contribution >= 4 is 22.2 Å². The maximum atomic E-state index is 13.0. The molecule has 1 aliphatic heterocycles. The molecule has 2 aliphatic rings. The highest BCUT2D eigenvalue weighted by molar-refractivity contribution is 7.16. The minimum atomic E-state index is -4.23. The van der Waals surface area contributed by atoms with Crippen molar-refractivity contribution < 1.29 is 18.0 Å². The summed E-state index contributed by atoms with van der Waals surface area (Å²) in [5, 5.41) is 12.9. The Hall–Kier alpha value is -1.59. The van der Waals surface area contributed by atoms with Gasteiger partial charge in [0.25, 0.3) is 0 Å². The van der Waals surface area contributed by atoms with Crippen molar-refractivity contribution in [2.45, 2.75) is 64.1 Å². The van der Waals surface area contributed by atoms with E-state index in [4.69, 9.17) is 0 Å². The van der Waals surface area contributed by atoms with Crippen LogP contribution in [0.2, 0.25) is 0 Å². The molecule has 1 aliphatic carbocycles. The van der Waals surface area contributed by atoms with E-state index in [1.807, 2.05) is 0 Å². The lowest BCUT2D eigenvalue weighted by atomic mass is 9.96. The van der Waals surface area contributed by atoms with Gasteiger partial charge in [0.15, 0.2) is 0 Å². The maximum Gasteiger partial charge on any atom is 0.393 e. The van der Waals surface area contributed by atoms with Crippen molar-refractivity contribution in [1.29, 1.82) is 5.26 Å². The summed E-state index contributed by atoms with van der Waals surface area (Å²) in [6, 6.07) is 1.55. The normalized spacial score (nSPS) is 22.4. The molecule has 2 heterocycles. The topological polar surface area (TPSA) is 56.1 Å². The average Bonchev–Trinajstić information content (AvgIpc) is 2.79. The molecular formula is C19H24F3N3OS. The number of carbonyl (C=O) groups is 1. The van der Waals surface area contributed by atoms with Crippen LogP contribution in [0.5, 0.6) is 0 Å². The Bertz CT molecular complexity index is 738. The Balaban J connectivity index is 1.71. The first-order valence-electron chi connectivity index (χ1n) is 9.47. The number of fused-ring (bicyclic) bond motifs is 1. The van der Waals surface area contributed by atoms with Gasteiger partial charge in [-0.3, -0.25) is 9.69 Å². The van der Waals surface area contributed by atoms with E-state index in [2.05, 4.69) is 11.4 Å². The number of nitriles is 1. The quantitative estimate of drug-likeness (QED) is 0.762. The zero-order chi connectivity index (χ0) is 19.6. The first-order chi connectivity index (χ1) is 12.8. The molecule has 0 aromatic carbocycles. The van der Waals surface area contributed by atoms with Gasteiger partial charge in [-0.15, -0.1) is 11.3 Å². The molecule has 2 atom stereocenters. The molecule has 4 nitrogen and oxygen atoms in total. The highest BCUT2D eigenvalue weighted by Gasteiger charge is 2.43. The van der Waals surface area contributed by atoms with E-state index in [9.17, 15) is 23.2 Å². The van der Waals surface area contributed by atoms with Gasteiger partial charge in [-0.2, -0.15) is 18.4 Å². The molecule has 0 spiro atoms. The second kappa shape index (κ2) is 8.19. The van der Waals surface area contributed by atoms with Crippen molar-refractivity contribution in [3.05, 3.63) is 16.0 Å². The molecule has 1 amide bonds. The number of nitrogens with zero attached hydrogens (tertiary/aromatic N) is 2. The SMILES string of the molecule is C[C@H](C(=O)Nc1sc2c(c1C#N)CCCCC2)N1CCC[C@@H](C(F)(F)F)C1. The van der Waals surface area contributed by atoms with E-state index < -0.39 is 18.1 Å². The number of piperidine rings is 1. The number of alkyl halides is 3. The number of halogens is 3. The second-order valence-electron chi connectivity index (χ2n) is 7.42. The highest BCUT2D eigenvalue weighted by Crippen LogP contribution is 2.37. The summed E-state index contributed by atoms with van der Waals surface area (Å²) in [7, 11) is 0. The number of aryl methyl sites for hydroxylation is 1. The molecular weight excluding hydrogens is 375 g/mol. The van der Waals surface area contributed by atoms with Gasteiger partial charge in [0.2, 0.25) is 5.91 Å². The van der Waals surface area contributed by atoms with Crippen LogP contribution in [0.15, 0.2) is 0 Å². The first-order valence-corrected chi connectivity index (χ1v) is 10.3. The maximum absolute atomic E-state index is 13.0. The minimum Gasteiger partial charge on any atom is -0.315 e. The number of anilines is 1. The number of likely N-dealkylation sites (tertiary alicyclic amines) is 1. The van der Waals surface area contributed by atoms with E-state index in [1.54, 1.807) is 11.8 Å². The number of hydrogen-bond acceptors (Lipinski definition) is 4. The third-order valence-electron chi connectivity index (χ3n) is 5.61. The van der Waals surface area contributed by atoms with Gasteiger partial charge >= 0.3 is 6.18 Å². The third kappa shape index (κ3) is 4.46. The Kier molecular flexibility index (Phi) is 6.11. The van der Waals surface area contributed by atoms with Gasteiger partial charge in [0, 0.05) is 11.4 Å². The molecule has 1 aromatic rings. The summed E-state index contributed by atoms with van der Waals surface area (Å²) in [5.74, 6) is -1.72. The standard InChI is InChI=1S/C19H24F3N3OS/c1-12(25-9-5-6-13(11-25)19(20,21)22)17(26)24-18-15(10-23)14-7-3-2-4-8-16(14)27-18/h12-13H,2-9,11H2,1H3,(H,24,26)/t12-,13-/m1/s1. The van der Waals surface area contributed by atoms with Gasteiger partial charge in [-0.25, -0.2) is 0 Å². The van der Waals surface area contributed by atoms with Crippen molar-refractivity contribution in [3.8, 4) is 6.07 Å². The highest BCUT2D eigenvalue weighted by atomic mass is 32.1. The zero-order valence-corrected chi connectivity index (χ0v) is 16.2. The largest absolute Gasteiger partial charge is 0.393 e. The average molecular weight is 399 g/mol. The molecule has 8 heteroatoms. The summed E-state index contributed by atoms with van der Waals surface area (Å²) >= 11 is 1.44. The Morgan fingerprint density at radius 3 is 2.74 bits per heavy atom. The number of carbonyl (C=O) groups excluding carboxylic acids is 1. The van der Waals surface area contributed by atoms with Gasteiger partial charge in [-0.1, -0.05) is 6.42 Å². The third-order valence-corrected chi connectivity index (χ3v) is 6.82. The van der Waals surface area contributed by atoms with Crippen LogP contribution in [0.3, 0.4) is 0 Å². The van der Waals surface area contributed by atoms with Gasteiger partial charge in [0.1, 0.15) is 11.1 Å². The van der Waals surface area contributed by atoms with Gasteiger partial charge in [0.05, 0.1) is 17.5 Å². The van der Waals surface area contributed by atoms with Crippen molar-refractivity contribution in [2.75, 3.05) is 18.4 Å². The molecule has 0 bridgehead atoms. The molecule has 1 fully saturated rings. The summed E-state index contributed by atoms with van der Waals surface area (Å²) in [5.41, 5.74) is 1.57. The summed E-state index contributed by atoms with van der Waals surface area (Å²) in [4.78, 5) is 15.4. The fourth-order valence-electron chi connectivity index (χ4n) is 3.96. The Morgan fingerprint density at radius 2 is 2.04 bits per heavy atom. The van der Waals surface area contributed by atoms with E-state index in [1.165, 1.54) is 11.3 Å². The lowest BCUT2D eigenvalue weighted by Crippen LogP contribution is -2.49. The number of hydrogen-bond donors (Lipinski definition) is 1. The van der Waals surface area contributed by atoms with Crippen LogP contribution in [0.1, 0.15) is 55.0 Å². The predicted octanol–water partition coefficient (Wildman–Crippen LogP) is 4.49. The Labute approximate surface area is 161 Å². The zero-order valence-electron chi connectivity index (χ0n) is 15.4. The van der Waals surface area contributed by atoms with Crippen molar-refractivity contribution in [1.82, 2.24) is 4.90 Å². The molecule has 3 rings (SSSR count). The van der Waals surface area contributed by atoms with Crippen LogP contribution in [0.25, 0.3) is 0 Å². The number of nitrogens with one attached hydrogen (secondary N) is 1. The molecule has 0 unspecified atom stereocenters. The fourth-order valence-corrected chi connectivity index (χ4v) is 5.20. The first kappa shape index (κ1) is 20.2. The molecule has 0 saturated carbocycles. The molecule has 0 radical (unpaired) electrons. The lowest BCUT2D eigenvalue weighted by molar-refractivity contribution is -0.188. The van der Waals surface area contributed by atoms with E-state index in [0.717, 1.165) is 42.5 Å². The summed E-state index contributed by atoms with van der Waals surface area (Å²) in [6.45, 7) is 1.97. The van der Waals surface area contributed by atoms with Crippen LogP contribution in [-0.4, -0.2) is 36.1 Å². The number of rotatable bonds is 3. The summed E-state index contributed by atoms with van der Waals surface area (Å²) < 4.78 is 39.1. The fraction of sp³-hybridized carbons (Fsp3) is 0.684. The van der Waals surface area contributed by atoms with Gasteiger partial charge < -0.3 is 5.32 Å². The molecule has 1 aromatic heterocycles. The van der Waals surface area contributed by atoms with Crippen LogP contribution in [-0.2, 0) is 17.6 Å². The predicted molar refractivity (Wildman–Crippen MR) is 98.7 cm³/mol. The Morgan fingerprint density at radius 1 is 1.30 bits per heavy atom.